The van der Waals surface area contributed by atoms with Crippen LogP contribution in [0.5, 0.6) is 0 Å². The van der Waals surface area contributed by atoms with E-state index < -0.39 is 0 Å². The highest BCUT2D eigenvalue weighted by atomic mass is 16.1. The van der Waals surface area contributed by atoms with Crippen LogP contribution in [0.15, 0.2) is 24.3 Å². The number of piperidine rings is 1. The van der Waals surface area contributed by atoms with Crippen LogP contribution in [0, 0.1) is 5.92 Å². The lowest BCUT2D eigenvalue weighted by molar-refractivity contribution is 0.101. The van der Waals surface area contributed by atoms with Gasteiger partial charge in [-0.15, -0.1) is 0 Å². The number of Topliss-reactive ketones (excluding diaryl/α,β-unsaturated/α-hetero) is 1. The molecule has 1 fully saturated rings. The van der Waals surface area contributed by atoms with Crippen molar-refractivity contribution >= 4 is 5.78 Å². The van der Waals surface area contributed by atoms with Gasteiger partial charge in [-0.2, -0.15) is 0 Å². The highest BCUT2D eigenvalue weighted by molar-refractivity contribution is 5.94. The van der Waals surface area contributed by atoms with Crippen molar-refractivity contribution in [2.24, 2.45) is 5.92 Å². The van der Waals surface area contributed by atoms with E-state index in [2.05, 4.69) is 18.3 Å². The summed E-state index contributed by atoms with van der Waals surface area (Å²) in [6.07, 6.45) is 2.52. The lowest BCUT2D eigenvalue weighted by atomic mass is 9.87. The van der Waals surface area contributed by atoms with Gasteiger partial charge in [-0.3, -0.25) is 4.79 Å². The van der Waals surface area contributed by atoms with E-state index in [1.807, 2.05) is 18.2 Å². The van der Waals surface area contributed by atoms with Crippen molar-refractivity contribution in [2.45, 2.75) is 32.7 Å². The van der Waals surface area contributed by atoms with Crippen LogP contribution >= 0.6 is 0 Å². The van der Waals surface area contributed by atoms with Gasteiger partial charge in [0.25, 0.3) is 0 Å². The topological polar surface area (TPSA) is 29.1 Å². The zero-order chi connectivity index (χ0) is 11.5. The van der Waals surface area contributed by atoms with Gasteiger partial charge < -0.3 is 5.32 Å². The molecule has 2 rings (SSSR count). The largest absolute Gasteiger partial charge is 0.310 e. The van der Waals surface area contributed by atoms with E-state index in [9.17, 15) is 4.79 Å². The molecule has 2 atom stereocenters. The second-order valence-electron chi connectivity index (χ2n) is 4.73. The molecule has 1 aromatic carbocycles. The minimum Gasteiger partial charge on any atom is -0.310 e. The Bertz CT molecular complexity index is 386. The summed E-state index contributed by atoms with van der Waals surface area (Å²) >= 11 is 0. The molecule has 16 heavy (non-hydrogen) atoms. The highest BCUT2D eigenvalue weighted by Crippen LogP contribution is 2.29. The second kappa shape index (κ2) is 4.79. The molecule has 86 valence electrons. The molecule has 0 amide bonds. The van der Waals surface area contributed by atoms with Crippen molar-refractivity contribution in [2.75, 3.05) is 6.54 Å². The summed E-state index contributed by atoms with van der Waals surface area (Å²) in [6.45, 7) is 4.98. The third-order valence-electron chi connectivity index (χ3n) is 3.42. The molecule has 0 radical (unpaired) electrons. The zero-order valence-electron chi connectivity index (χ0n) is 9.99. The molecule has 1 heterocycles. The van der Waals surface area contributed by atoms with E-state index in [0.29, 0.717) is 12.0 Å². The minimum absolute atomic E-state index is 0.144. The monoisotopic (exact) mass is 217 g/mol. The molecule has 1 aliphatic heterocycles. The summed E-state index contributed by atoms with van der Waals surface area (Å²) in [5.41, 5.74) is 2.07. The third kappa shape index (κ3) is 2.33. The molecule has 2 unspecified atom stereocenters. The predicted molar refractivity (Wildman–Crippen MR) is 65.6 cm³/mol. The van der Waals surface area contributed by atoms with Crippen LogP contribution in [0.3, 0.4) is 0 Å². The Balaban J connectivity index is 2.25. The maximum Gasteiger partial charge on any atom is 0.159 e. The molecule has 0 aliphatic carbocycles. The first-order chi connectivity index (χ1) is 7.68. The number of hydrogen-bond acceptors (Lipinski definition) is 2. The fourth-order valence-corrected chi connectivity index (χ4v) is 2.45. The van der Waals surface area contributed by atoms with Crippen LogP contribution in [-0.4, -0.2) is 12.3 Å². The fourth-order valence-electron chi connectivity index (χ4n) is 2.45. The van der Waals surface area contributed by atoms with Gasteiger partial charge in [-0.1, -0.05) is 25.1 Å². The van der Waals surface area contributed by atoms with Crippen LogP contribution in [0.1, 0.15) is 48.7 Å². The van der Waals surface area contributed by atoms with E-state index in [4.69, 9.17) is 0 Å². The molecule has 1 aromatic rings. The van der Waals surface area contributed by atoms with Gasteiger partial charge in [0.15, 0.2) is 5.78 Å². The Labute approximate surface area is 97.1 Å². The smallest absolute Gasteiger partial charge is 0.159 e. The van der Waals surface area contributed by atoms with Crippen LogP contribution in [-0.2, 0) is 0 Å². The molecular weight excluding hydrogens is 198 g/mol. The van der Waals surface area contributed by atoms with Gasteiger partial charge >= 0.3 is 0 Å². The molecule has 1 N–H and O–H groups in total. The number of benzene rings is 1. The van der Waals surface area contributed by atoms with Gasteiger partial charge in [-0.05, 0) is 43.9 Å². The lowest BCUT2D eigenvalue weighted by Crippen LogP contribution is -2.32. The van der Waals surface area contributed by atoms with E-state index in [1.165, 1.54) is 18.4 Å². The van der Waals surface area contributed by atoms with E-state index in [0.717, 1.165) is 12.1 Å². The maximum atomic E-state index is 11.3. The minimum atomic E-state index is 0.144. The summed E-state index contributed by atoms with van der Waals surface area (Å²) in [7, 11) is 0. The fraction of sp³-hybridized carbons (Fsp3) is 0.500. The number of nitrogens with one attached hydrogen (secondary N) is 1. The summed E-state index contributed by atoms with van der Waals surface area (Å²) < 4.78 is 0. The first-order valence-electron chi connectivity index (χ1n) is 6.03. The molecule has 0 saturated carbocycles. The predicted octanol–water partition coefficient (Wildman–Crippen LogP) is 2.95. The Morgan fingerprint density at radius 1 is 1.44 bits per heavy atom. The Morgan fingerprint density at radius 2 is 2.25 bits per heavy atom. The molecule has 1 aliphatic rings. The number of ketones is 1. The van der Waals surface area contributed by atoms with Gasteiger partial charge in [-0.25, -0.2) is 0 Å². The summed E-state index contributed by atoms with van der Waals surface area (Å²) in [4.78, 5) is 11.3. The summed E-state index contributed by atoms with van der Waals surface area (Å²) in [5, 5.41) is 3.54. The van der Waals surface area contributed by atoms with Gasteiger partial charge in [0, 0.05) is 11.6 Å². The normalized spacial score (nSPS) is 25.4. The molecule has 2 heteroatoms. The molecule has 0 bridgehead atoms. The van der Waals surface area contributed by atoms with Crippen molar-refractivity contribution < 1.29 is 4.79 Å². The van der Waals surface area contributed by atoms with E-state index >= 15 is 0 Å². The molecular formula is C14H19NO. The Kier molecular flexibility index (Phi) is 3.39. The zero-order valence-corrected chi connectivity index (χ0v) is 9.99. The Hall–Kier alpha value is -1.15. The third-order valence-corrected chi connectivity index (χ3v) is 3.42. The second-order valence-corrected chi connectivity index (χ2v) is 4.73. The molecule has 2 nitrogen and oxygen atoms in total. The number of hydrogen-bond donors (Lipinski definition) is 1. The van der Waals surface area contributed by atoms with Gasteiger partial charge in [0.2, 0.25) is 0 Å². The number of rotatable bonds is 2. The Morgan fingerprint density at radius 3 is 2.94 bits per heavy atom. The van der Waals surface area contributed by atoms with Gasteiger partial charge in [0.05, 0.1) is 0 Å². The quantitative estimate of drug-likeness (QED) is 0.772. The molecule has 0 aromatic heterocycles. The van der Waals surface area contributed by atoms with Crippen molar-refractivity contribution in [3.05, 3.63) is 35.4 Å². The number of carbonyl (C=O) groups excluding carboxylic acids is 1. The van der Waals surface area contributed by atoms with Gasteiger partial charge in [0.1, 0.15) is 0 Å². The average molecular weight is 217 g/mol. The first kappa shape index (κ1) is 11.3. The van der Waals surface area contributed by atoms with E-state index in [1.54, 1.807) is 6.92 Å². The maximum absolute atomic E-state index is 11.3. The van der Waals surface area contributed by atoms with Crippen LogP contribution in [0.2, 0.25) is 0 Å². The summed E-state index contributed by atoms with van der Waals surface area (Å²) in [6, 6.07) is 8.43. The average Bonchev–Trinajstić information content (AvgIpc) is 2.30. The molecule has 0 spiro atoms. The van der Waals surface area contributed by atoms with Crippen LogP contribution < -0.4 is 5.32 Å². The number of carbonyl (C=O) groups is 1. The standard InChI is InChI=1S/C14H19NO/c1-10-5-4-8-15-14(10)13-7-3-6-12(9-13)11(2)16/h3,6-7,9-10,14-15H,4-5,8H2,1-2H3. The van der Waals surface area contributed by atoms with Crippen molar-refractivity contribution in [1.82, 2.24) is 5.32 Å². The van der Waals surface area contributed by atoms with Crippen LogP contribution in [0.4, 0.5) is 0 Å². The SMILES string of the molecule is CC(=O)c1cccc(C2NCCCC2C)c1. The van der Waals surface area contributed by atoms with E-state index in [-0.39, 0.29) is 5.78 Å². The van der Waals surface area contributed by atoms with Crippen LogP contribution in [0.25, 0.3) is 0 Å². The highest BCUT2D eigenvalue weighted by Gasteiger charge is 2.22. The van der Waals surface area contributed by atoms with Crippen molar-refractivity contribution in [3.8, 4) is 0 Å². The lowest BCUT2D eigenvalue weighted by Gasteiger charge is -2.30. The summed E-state index contributed by atoms with van der Waals surface area (Å²) in [5.74, 6) is 0.793. The van der Waals surface area contributed by atoms with Crippen molar-refractivity contribution in [1.29, 1.82) is 0 Å². The first-order valence-corrected chi connectivity index (χ1v) is 6.03. The molecule has 1 saturated heterocycles. The van der Waals surface area contributed by atoms with Crippen molar-refractivity contribution in [3.63, 3.8) is 0 Å².